The lowest BCUT2D eigenvalue weighted by Gasteiger charge is -2.16. The van der Waals surface area contributed by atoms with Crippen LogP contribution in [0.1, 0.15) is 30.1 Å². The molecule has 1 N–H and O–H groups in total. The van der Waals surface area contributed by atoms with Crippen LogP contribution in [-0.2, 0) is 14.3 Å². The molecule has 0 saturated heterocycles. The first-order valence-electron chi connectivity index (χ1n) is 7.79. The second-order valence-electron chi connectivity index (χ2n) is 6.18. The fourth-order valence-corrected chi connectivity index (χ4v) is 3.28. The van der Waals surface area contributed by atoms with Gasteiger partial charge in [-0.15, -0.1) is 0 Å². The quantitative estimate of drug-likeness (QED) is 0.515. The first kappa shape index (κ1) is 15.5. The van der Waals surface area contributed by atoms with Crippen LogP contribution < -0.4 is 5.32 Å². The molecule has 0 heterocycles. The number of hydrogen-bond donors (Lipinski definition) is 1. The molecule has 0 radical (unpaired) electrons. The van der Waals surface area contributed by atoms with Crippen molar-refractivity contribution in [2.24, 2.45) is 17.8 Å². The molecule has 3 atom stereocenters. The highest BCUT2D eigenvalue weighted by Crippen LogP contribution is 2.43. The highest BCUT2D eigenvalue weighted by molar-refractivity contribution is 5.96. The molecule has 1 aromatic carbocycles. The van der Waals surface area contributed by atoms with Gasteiger partial charge >= 0.3 is 5.97 Å². The van der Waals surface area contributed by atoms with Crippen LogP contribution >= 0.6 is 0 Å². The third-order valence-electron chi connectivity index (χ3n) is 4.50. The van der Waals surface area contributed by atoms with Crippen LogP contribution in [0, 0.1) is 17.8 Å². The summed E-state index contributed by atoms with van der Waals surface area (Å²) in [4.78, 5) is 35.1. The molecule has 1 fully saturated rings. The van der Waals surface area contributed by atoms with Crippen molar-refractivity contribution in [1.82, 2.24) is 0 Å². The molecule has 5 heteroatoms. The molecule has 1 amide bonds. The van der Waals surface area contributed by atoms with Crippen molar-refractivity contribution >= 4 is 23.3 Å². The lowest BCUT2D eigenvalue weighted by molar-refractivity contribution is -0.152. The molecule has 0 aromatic heterocycles. The van der Waals surface area contributed by atoms with Gasteiger partial charge in [-0.05, 0) is 55.9 Å². The third kappa shape index (κ3) is 3.50. The van der Waals surface area contributed by atoms with E-state index in [1.54, 1.807) is 24.3 Å². The molecule has 23 heavy (non-hydrogen) atoms. The van der Waals surface area contributed by atoms with Crippen LogP contribution in [0.4, 0.5) is 5.69 Å². The minimum absolute atomic E-state index is 0.0308. The molecule has 0 aliphatic heterocycles. The van der Waals surface area contributed by atoms with E-state index in [0.717, 1.165) is 12.8 Å². The molecule has 1 saturated carbocycles. The topological polar surface area (TPSA) is 72.5 Å². The number of benzene rings is 1. The molecular weight excluding hydrogens is 294 g/mol. The number of ketones is 1. The van der Waals surface area contributed by atoms with E-state index in [1.807, 2.05) is 0 Å². The zero-order chi connectivity index (χ0) is 16.4. The second kappa shape index (κ2) is 6.36. The Labute approximate surface area is 134 Å². The summed E-state index contributed by atoms with van der Waals surface area (Å²) in [5, 5.41) is 2.65. The number of ether oxygens (including phenoxy) is 1. The van der Waals surface area contributed by atoms with Gasteiger partial charge < -0.3 is 10.1 Å². The summed E-state index contributed by atoms with van der Waals surface area (Å²) < 4.78 is 5.14. The standard InChI is InChI=1S/C18H19NO4/c1-11(20)13-4-6-15(7-5-13)19-17(21)10-23-18(22)16-9-12-2-3-14(16)8-12/h2-7,12,14,16H,8-10H2,1H3,(H,19,21)/t12-,14+,16+/m1/s1. The van der Waals surface area contributed by atoms with E-state index >= 15 is 0 Å². The van der Waals surface area contributed by atoms with Crippen LogP contribution in [-0.4, -0.2) is 24.3 Å². The number of amides is 1. The maximum absolute atomic E-state index is 12.0. The summed E-state index contributed by atoms with van der Waals surface area (Å²) in [5.41, 5.74) is 1.15. The van der Waals surface area contributed by atoms with Gasteiger partial charge in [-0.1, -0.05) is 12.2 Å². The Morgan fingerprint density at radius 3 is 2.43 bits per heavy atom. The number of Topliss-reactive ketones (excluding diaryl/α,β-unsaturated/α-hetero) is 1. The van der Waals surface area contributed by atoms with Gasteiger partial charge in [0.15, 0.2) is 12.4 Å². The van der Waals surface area contributed by atoms with E-state index in [0.29, 0.717) is 17.2 Å². The second-order valence-corrected chi connectivity index (χ2v) is 6.18. The number of fused-ring (bicyclic) bond motifs is 2. The number of rotatable bonds is 5. The average Bonchev–Trinajstić information content (AvgIpc) is 3.16. The Morgan fingerprint density at radius 1 is 1.13 bits per heavy atom. The lowest BCUT2D eigenvalue weighted by atomic mass is 9.94. The number of nitrogens with one attached hydrogen (secondary N) is 1. The highest BCUT2D eigenvalue weighted by Gasteiger charge is 2.40. The van der Waals surface area contributed by atoms with Gasteiger partial charge in [-0.2, -0.15) is 0 Å². The van der Waals surface area contributed by atoms with Crippen molar-refractivity contribution < 1.29 is 19.1 Å². The molecule has 0 unspecified atom stereocenters. The largest absolute Gasteiger partial charge is 0.455 e. The van der Waals surface area contributed by atoms with Gasteiger partial charge in [-0.3, -0.25) is 14.4 Å². The molecule has 1 aromatic rings. The van der Waals surface area contributed by atoms with E-state index in [1.165, 1.54) is 6.92 Å². The Balaban J connectivity index is 1.47. The summed E-state index contributed by atoms with van der Waals surface area (Å²) in [6, 6.07) is 6.59. The number of hydrogen-bond acceptors (Lipinski definition) is 4. The predicted molar refractivity (Wildman–Crippen MR) is 84.9 cm³/mol. The predicted octanol–water partition coefficient (Wildman–Crippen LogP) is 2.58. The molecule has 120 valence electrons. The molecule has 3 rings (SSSR count). The zero-order valence-corrected chi connectivity index (χ0v) is 13.0. The Kier molecular flexibility index (Phi) is 4.28. The SMILES string of the molecule is CC(=O)c1ccc(NC(=O)COC(=O)[C@H]2C[C@@H]3C=C[C@H]2C3)cc1. The van der Waals surface area contributed by atoms with Crippen molar-refractivity contribution in [2.75, 3.05) is 11.9 Å². The van der Waals surface area contributed by atoms with Gasteiger partial charge in [0.2, 0.25) is 0 Å². The van der Waals surface area contributed by atoms with Crippen molar-refractivity contribution in [3.8, 4) is 0 Å². The summed E-state index contributed by atoms with van der Waals surface area (Å²) in [7, 11) is 0. The maximum atomic E-state index is 12.0. The van der Waals surface area contributed by atoms with E-state index in [-0.39, 0.29) is 36.1 Å². The van der Waals surface area contributed by atoms with Crippen molar-refractivity contribution in [1.29, 1.82) is 0 Å². The van der Waals surface area contributed by atoms with Gasteiger partial charge in [0.05, 0.1) is 5.92 Å². The Morgan fingerprint density at radius 2 is 1.87 bits per heavy atom. The monoisotopic (exact) mass is 313 g/mol. The molecular formula is C18H19NO4. The first-order chi connectivity index (χ1) is 11.0. The molecule has 2 aliphatic rings. The number of anilines is 1. The van der Waals surface area contributed by atoms with Gasteiger partial charge in [0.1, 0.15) is 0 Å². The van der Waals surface area contributed by atoms with Gasteiger partial charge in [0, 0.05) is 11.3 Å². The Bertz CT molecular complexity index is 662. The molecule has 5 nitrogen and oxygen atoms in total. The van der Waals surface area contributed by atoms with E-state index in [2.05, 4.69) is 17.5 Å². The highest BCUT2D eigenvalue weighted by atomic mass is 16.5. The number of allylic oxidation sites excluding steroid dienone is 2. The minimum Gasteiger partial charge on any atom is -0.455 e. The zero-order valence-electron chi connectivity index (χ0n) is 13.0. The maximum Gasteiger partial charge on any atom is 0.310 e. The van der Waals surface area contributed by atoms with Crippen LogP contribution in [0.5, 0.6) is 0 Å². The van der Waals surface area contributed by atoms with E-state index < -0.39 is 0 Å². The van der Waals surface area contributed by atoms with Crippen LogP contribution in [0.2, 0.25) is 0 Å². The van der Waals surface area contributed by atoms with Gasteiger partial charge in [0.25, 0.3) is 5.91 Å². The summed E-state index contributed by atoms with van der Waals surface area (Å²) in [5.74, 6) is -0.0400. The van der Waals surface area contributed by atoms with Crippen molar-refractivity contribution in [3.63, 3.8) is 0 Å². The molecule has 0 spiro atoms. The van der Waals surface area contributed by atoms with Crippen LogP contribution in [0.3, 0.4) is 0 Å². The fraction of sp³-hybridized carbons (Fsp3) is 0.389. The lowest BCUT2D eigenvalue weighted by Crippen LogP contribution is -2.26. The van der Waals surface area contributed by atoms with Crippen LogP contribution in [0.25, 0.3) is 0 Å². The minimum atomic E-state index is -0.382. The number of carbonyl (C=O) groups excluding carboxylic acids is 3. The number of esters is 1. The number of carbonyl (C=O) groups is 3. The first-order valence-corrected chi connectivity index (χ1v) is 7.79. The fourth-order valence-electron chi connectivity index (χ4n) is 3.28. The van der Waals surface area contributed by atoms with Crippen molar-refractivity contribution in [3.05, 3.63) is 42.0 Å². The van der Waals surface area contributed by atoms with E-state index in [9.17, 15) is 14.4 Å². The third-order valence-corrected chi connectivity index (χ3v) is 4.50. The van der Waals surface area contributed by atoms with Gasteiger partial charge in [-0.25, -0.2) is 0 Å². The van der Waals surface area contributed by atoms with E-state index in [4.69, 9.17) is 4.74 Å². The smallest absolute Gasteiger partial charge is 0.310 e. The summed E-state index contributed by atoms with van der Waals surface area (Å²) in [6.45, 7) is 1.20. The summed E-state index contributed by atoms with van der Waals surface area (Å²) >= 11 is 0. The molecule has 2 bridgehead atoms. The van der Waals surface area contributed by atoms with Crippen LogP contribution in [0.15, 0.2) is 36.4 Å². The normalized spacial score (nSPS) is 24.5. The molecule has 2 aliphatic carbocycles. The Hall–Kier alpha value is -2.43. The van der Waals surface area contributed by atoms with Crippen molar-refractivity contribution in [2.45, 2.75) is 19.8 Å². The average molecular weight is 313 g/mol. The summed E-state index contributed by atoms with van der Waals surface area (Å²) in [6.07, 6.45) is 6.09.